The van der Waals surface area contributed by atoms with Crippen molar-refractivity contribution in [2.24, 2.45) is 0 Å². The number of hydrogen-bond donors (Lipinski definition) is 0. The summed E-state index contributed by atoms with van der Waals surface area (Å²) in [4.78, 5) is 2.39. The van der Waals surface area contributed by atoms with Gasteiger partial charge in [0.2, 0.25) is 0 Å². The van der Waals surface area contributed by atoms with Crippen molar-refractivity contribution in [2.45, 2.75) is 6.92 Å². The van der Waals surface area contributed by atoms with Crippen LogP contribution in [-0.2, 0) is 0 Å². The first-order valence-corrected chi connectivity index (χ1v) is 21.0. The maximum absolute atomic E-state index is 2.50. The zero-order chi connectivity index (χ0) is 40.7. The van der Waals surface area contributed by atoms with Gasteiger partial charge in [0.1, 0.15) is 0 Å². The number of aromatic nitrogens is 1. The van der Waals surface area contributed by atoms with E-state index >= 15 is 0 Å². The summed E-state index contributed by atoms with van der Waals surface area (Å²) in [7, 11) is 0. The fourth-order valence-electron chi connectivity index (χ4n) is 9.10. The minimum Gasteiger partial charge on any atom is -0.310 e. The summed E-state index contributed by atoms with van der Waals surface area (Å²) >= 11 is 0. The van der Waals surface area contributed by atoms with E-state index in [9.17, 15) is 0 Å². The summed E-state index contributed by atoms with van der Waals surface area (Å²) in [6.07, 6.45) is 0. The lowest BCUT2D eigenvalue weighted by atomic mass is 9.89. The van der Waals surface area contributed by atoms with Gasteiger partial charge in [-0.25, -0.2) is 0 Å². The number of nitrogens with zero attached hydrogens (tertiary/aromatic N) is 2. The molecular formula is C59H42N2. The summed E-state index contributed by atoms with van der Waals surface area (Å²) in [6.45, 7) is 2.15. The maximum atomic E-state index is 2.50. The highest BCUT2D eigenvalue weighted by Gasteiger charge is 2.22. The van der Waals surface area contributed by atoms with Crippen LogP contribution in [-0.4, -0.2) is 4.57 Å². The van der Waals surface area contributed by atoms with E-state index in [0.717, 1.165) is 28.3 Å². The minimum absolute atomic E-state index is 1.08. The Morgan fingerprint density at radius 1 is 0.328 bits per heavy atom. The number of anilines is 3. The molecule has 2 heteroatoms. The molecular weight excluding hydrogens is 737 g/mol. The smallest absolute Gasteiger partial charge is 0.0562 e. The first-order chi connectivity index (χ1) is 30.2. The van der Waals surface area contributed by atoms with Crippen molar-refractivity contribution in [3.63, 3.8) is 0 Å². The number of hydrogen-bond acceptors (Lipinski definition) is 1. The van der Waals surface area contributed by atoms with Gasteiger partial charge in [-0.2, -0.15) is 0 Å². The molecule has 0 unspecified atom stereocenters. The van der Waals surface area contributed by atoms with Crippen molar-refractivity contribution in [2.75, 3.05) is 4.90 Å². The van der Waals surface area contributed by atoms with E-state index in [0.29, 0.717) is 0 Å². The standard InChI is InChI=1S/C59H42N2/c1-41-26-28-47(29-27-41)52-22-13-25-57(59(52)55-23-12-19-46-18-8-9-20-51(46)55)61-56-24-11-10-21-53(56)54-39-38-50(40-58(54)61)60(48-34-30-44(31-35-48)42-14-4-2-5-15-42)49-36-32-45(33-37-49)43-16-6-3-7-17-43/h2-40H,1H3. The second-order valence-electron chi connectivity index (χ2n) is 15.8. The summed E-state index contributed by atoms with van der Waals surface area (Å²) in [5.41, 5.74) is 17.6. The van der Waals surface area contributed by atoms with E-state index in [1.807, 2.05) is 0 Å². The summed E-state index contributed by atoms with van der Waals surface area (Å²) in [6, 6.07) is 86.2. The average Bonchev–Trinajstić information content (AvgIpc) is 3.66. The first-order valence-electron chi connectivity index (χ1n) is 21.0. The van der Waals surface area contributed by atoms with Gasteiger partial charge in [0.15, 0.2) is 0 Å². The fourth-order valence-corrected chi connectivity index (χ4v) is 9.10. The minimum atomic E-state index is 1.08. The lowest BCUT2D eigenvalue weighted by molar-refractivity contribution is 1.18. The Kier molecular flexibility index (Phi) is 9.09. The highest BCUT2D eigenvalue weighted by atomic mass is 15.1. The molecule has 0 amide bonds. The molecule has 0 aliphatic heterocycles. The van der Waals surface area contributed by atoms with Crippen LogP contribution in [0.4, 0.5) is 17.1 Å². The SMILES string of the molecule is Cc1ccc(-c2cccc(-n3c4ccccc4c4ccc(N(c5ccc(-c6ccccc6)cc5)c5ccc(-c6ccccc6)cc5)cc43)c2-c2cccc3ccccc23)cc1. The number of para-hydroxylation sites is 1. The topological polar surface area (TPSA) is 8.17 Å². The van der Waals surface area contributed by atoms with Gasteiger partial charge in [0.05, 0.1) is 16.7 Å². The molecule has 1 aromatic heterocycles. The lowest BCUT2D eigenvalue weighted by Gasteiger charge is -2.26. The highest BCUT2D eigenvalue weighted by molar-refractivity contribution is 6.12. The predicted octanol–water partition coefficient (Wildman–Crippen LogP) is 16.4. The van der Waals surface area contributed by atoms with E-state index in [1.165, 1.54) is 77.1 Å². The largest absolute Gasteiger partial charge is 0.310 e. The van der Waals surface area contributed by atoms with Crippen molar-refractivity contribution >= 4 is 49.6 Å². The van der Waals surface area contributed by atoms with Crippen molar-refractivity contribution < 1.29 is 0 Å². The summed E-state index contributed by atoms with van der Waals surface area (Å²) in [5, 5.41) is 4.89. The fraction of sp³-hybridized carbons (Fsp3) is 0.0169. The average molecular weight is 779 g/mol. The van der Waals surface area contributed by atoms with Gasteiger partial charge in [-0.05, 0) is 105 Å². The van der Waals surface area contributed by atoms with Crippen LogP contribution in [0.2, 0.25) is 0 Å². The van der Waals surface area contributed by atoms with Gasteiger partial charge in [-0.3, -0.25) is 0 Å². The third-order valence-electron chi connectivity index (χ3n) is 12.1. The van der Waals surface area contributed by atoms with Gasteiger partial charge in [-0.1, -0.05) is 194 Å². The quantitative estimate of drug-likeness (QED) is 0.149. The van der Waals surface area contributed by atoms with Gasteiger partial charge in [0.25, 0.3) is 0 Å². The van der Waals surface area contributed by atoms with Crippen LogP contribution in [0.5, 0.6) is 0 Å². The predicted molar refractivity (Wildman–Crippen MR) is 259 cm³/mol. The summed E-state index contributed by atoms with van der Waals surface area (Å²) in [5.74, 6) is 0. The van der Waals surface area contributed by atoms with Gasteiger partial charge in [0, 0.05) is 33.4 Å². The van der Waals surface area contributed by atoms with Crippen molar-refractivity contribution in [3.05, 3.63) is 242 Å². The Balaban J connectivity index is 1.15. The third kappa shape index (κ3) is 6.56. The van der Waals surface area contributed by atoms with Crippen LogP contribution in [0.1, 0.15) is 5.56 Å². The number of benzene rings is 10. The molecule has 0 bridgehead atoms. The van der Waals surface area contributed by atoms with E-state index in [-0.39, 0.29) is 0 Å². The van der Waals surface area contributed by atoms with E-state index in [1.54, 1.807) is 0 Å². The lowest BCUT2D eigenvalue weighted by Crippen LogP contribution is -2.10. The molecule has 61 heavy (non-hydrogen) atoms. The molecule has 0 spiro atoms. The van der Waals surface area contributed by atoms with Crippen LogP contribution in [0, 0.1) is 6.92 Å². The second kappa shape index (κ2) is 15.3. The Morgan fingerprint density at radius 3 is 1.49 bits per heavy atom. The molecule has 11 rings (SSSR count). The van der Waals surface area contributed by atoms with Gasteiger partial charge in [-0.15, -0.1) is 0 Å². The number of fused-ring (bicyclic) bond motifs is 4. The molecule has 288 valence electrons. The maximum Gasteiger partial charge on any atom is 0.0562 e. The van der Waals surface area contributed by atoms with Crippen LogP contribution in [0.15, 0.2) is 237 Å². The molecule has 0 fully saturated rings. The van der Waals surface area contributed by atoms with Crippen LogP contribution in [0.25, 0.3) is 82.8 Å². The highest BCUT2D eigenvalue weighted by Crippen LogP contribution is 2.45. The zero-order valence-electron chi connectivity index (χ0n) is 33.9. The Hall–Kier alpha value is -7.94. The van der Waals surface area contributed by atoms with Gasteiger partial charge < -0.3 is 9.47 Å². The second-order valence-corrected chi connectivity index (χ2v) is 15.8. The molecule has 11 aromatic rings. The zero-order valence-corrected chi connectivity index (χ0v) is 33.9. The number of aryl methyl sites for hydroxylation is 1. The molecule has 0 aliphatic rings. The molecule has 0 atom stereocenters. The Morgan fingerprint density at radius 2 is 0.820 bits per heavy atom. The van der Waals surface area contributed by atoms with Crippen molar-refractivity contribution in [1.29, 1.82) is 0 Å². The third-order valence-corrected chi connectivity index (χ3v) is 12.1. The van der Waals surface area contributed by atoms with E-state index < -0.39 is 0 Å². The summed E-state index contributed by atoms with van der Waals surface area (Å²) < 4.78 is 2.50. The molecule has 0 saturated heterocycles. The normalized spacial score (nSPS) is 11.4. The molecule has 1 heterocycles. The Labute approximate surface area is 356 Å². The molecule has 0 saturated carbocycles. The van der Waals surface area contributed by atoms with E-state index in [2.05, 4.69) is 253 Å². The van der Waals surface area contributed by atoms with Crippen molar-refractivity contribution in [1.82, 2.24) is 4.57 Å². The van der Waals surface area contributed by atoms with Crippen molar-refractivity contribution in [3.8, 4) is 50.2 Å². The van der Waals surface area contributed by atoms with Gasteiger partial charge >= 0.3 is 0 Å². The molecule has 2 nitrogen and oxygen atoms in total. The van der Waals surface area contributed by atoms with E-state index in [4.69, 9.17) is 0 Å². The van der Waals surface area contributed by atoms with Crippen LogP contribution in [0.3, 0.4) is 0 Å². The molecule has 0 aliphatic carbocycles. The first kappa shape index (κ1) is 36.2. The van der Waals surface area contributed by atoms with Crippen LogP contribution >= 0.6 is 0 Å². The van der Waals surface area contributed by atoms with Crippen LogP contribution < -0.4 is 4.90 Å². The molecule has 10 aromatic carbocycles. The number of rotatable bonds is 8. The molecule has 0 N–H and O–H groups in total. The molecule has 0 radical (unpaired) electrons. The monoisotopic (exact) mass is 778 g/mol. The Bertz CT molecular complexity index is 3240.